The molecule has 0 radical (unpaired) electrons. The monoisotopic (exact) mass is 258 g/mol. The normalized spacial score (nSPS) is 25.8. The van der Waals surface area contributed by atoms with Crippen LogP contribution in [0, 0.1) is 5.92 Å². The number of ether oxygens (including phenoxy) is 1. The van der Waals surface area contributed by atoms with Crippen LogP contribution in [0.1, 0.15) is 20.3 Å². The van der Waals surface area contributed by atoms with E-state index in [0.717, 1.165) is 0 Å². The topological polar surface area (TPSA) is 46.5 Å². The minimum atomic E-state index is -1.20. The first kappa shape index (κ1) is 13.6. The Morgan fingerprint density at radius 2 is 2.05 bits per heavy atom. The van der Waals surface area contributed by atoms with E-state index in [4.69, 9.17) is 4.74 Å². The lowest BCUT2D eigenvalue weighted by molar-refractivity contribution is -0.126. The Bertz CT molecular complexity index is 512. The summed E-state index contributed by atoms with van der Waals surface area (Å²) in [7, 11) is 0. The molecule has 2 unspecified atom stereocenters. The van der Waals surface area contributed by atoms with Crippen LogP contribution < -0.4 is 4.74 Å². The highest BCUT2D eigenvalue weighted by molar-refractivity contribution is 5.84. The van der Waals surface area contributed by atoms with Gasteiger partial charge >= 0.3 is 0 Å². The summed E-state index contributed by atoms with van der Waals surface area (Å²) in [5.41, 5.74) is -1.20. The van der Waals surface area contributed by atoms with Gasteiger partial charge in [-0.05, 0) is 31.2 Å². The molecule has 1 aliphatic carbocycles. The lowest BCUT2D eigenvalue weighted by atomic mass is 9.81. The van der Waals surface area contributed by atoms with Gasteiger partial charge in [0.2, 0.25) is 0 Å². The lowest BCUT2D eigenvalue weighted by Gasteiger charge is -2.30. The first-order valence-corrected chi connectivity index (χ1v) is 6.42. The summed E-state index contributed by atoms with van der Waals surface area (Å²) in [6.07, 6.45) is 5.46. The zero-order valence-corrected chi connectivity index (χ0v) is 11.2. The average Bonchev–Trinajstić information content (AvgIpc) is 2.38. The van der Waals surface area contributed by atoms with E-state index in [1.807, 2.05) is 30.3 Å². The van der Waals surface area contributed by atoms with Gasteiger partial charge in [-0.15, -0.1) is 0 Å². The van der Waals surface area contributed by atoms with E-state index in [2.05, 4.69) is 0 Å². The SMILES string of the molecule is CCC(=O)C1C=CC(Oc2ccccc2)=CC1(C)O. The van der Waals surface area contributed by atoms with Gasteiger partial charge in [-0.25, -0.2) is 0 Å². The quantitative estimate of drug-likeness (QED) is 0.903. The number of aliphatic hydroxyl groups is 1. The second kappa shape index (κ2) is 5.41. The van der Waals surface area contributed by atoms with E-state index < -0.39 is 11.5 Å². The average molecular weight is 258 g/mol. The smallest absolute Gasteiger partial charge is 0.142 e. The Hall–Kier alpha value is -1.87. The van der Waals surface area contributed by atoms with Crippen LogP contribution in [0.4, 0.5) is 0 Å². The van der Waals surface area contributed by atoms with Crippen molar-refractivity contribution in [3.63, 3.8) is 0 Å². The third kappa shape index (κ3) is 3.12. The van der Waals surface area contributed by atoms with E-state index in [1.165, 1.54) is 0 Å². The van der Waals surface area contributed by atoms with E-state index in [9.17, 15) is 9.90 Å². The highest BCUT2D eigenvalue weighted by atomic mass is 16.5. The van der Waals surface area contributed by atoms with E-state index in [0.29, 0.717) is 17.9 Å². The van der Waals surface area contributed by atoms with Crippen LogP contribution in [-0.4, -0.2) is 16.5 Å². The highest BCUT2D eigenvalue weighted by Gasteiger charge is 2.35. The van der Waals surface area contributed by atoms with Gasteiger partial charge in [-0.3, -0.25) is 4.79 Å². The molecule has 0 saturated heterocycles. The molecule has 1 aromatic carbocycles. The second-order valence-electron chi connectivity index (χ2n) is 4.84. The van der Waals surface area contributed by atoms with Crippen molar-refractivity contribution in [2.45, 2.75) is 25.9 Å². The van der Waals surface area contributed by atoms with Crippen molar-refractivity contribution >= 4 is 5.78 Å². The minimum absolute atomic E-state index is 0.0243. The van der Waals surface area contributed by atoms with Crippen LogP contribution in [0.25, 0.3) is 0 Å². The number of benzene rings is 1. The maximum atomic E-state index is 11.8. The van der Waals surface area contributed by atoms with Crippen molar-refractivity contribution in [1.82, 2.24) is 0 Å². The number of hydrogen-bond acceptors (Lipinski definition) is 3. The van der Waals surface area contributed by atoms with Gasteiger partial charge in [-0.1, -0.05) is 31.2 Å². The molecular weight excluding hydrogens is 240 g/mol. The highest BCUT2D eigenvalue weighted by Crippen LogP contribution is 2.29. The summed E-state index contributed by atoms with van der Waals surface area (Å²) in [5, 5.41) is 10.4. The number of rotatable bonds is 4. The van der Waals surface area contributed by atoms with Crippen molar-refractivity contribution in [2.24, 2.45) is 5.92 Å². The Balaban J connectivity index is 2.16. The molecule has 0 saturated carbocycles. The molecule has 0 spiro atoms. The number of hydrogen-bond donors (Lipinski definition) is 1. The van der Waals surface area contributed by atoms with Crippen molar-refractivity contribution < 1.29 is 14.6 Å². The summed E-state index contributed by atoms with van der Waals surface area (Å²) in [6, 6.07) is 9.34. The molecule has 1 N–H and O–H groups in total. The van der Waals surface area contributed by atoms with Crippen molar-refractivity contribution in [3.05, 3.63) is 54.3 Å². The van der Waals surface area contributed by atoms with E-state index in [-0.39, 0.29) is 5.78 Å². The van der Waals surface area contributed by atoms with Crippen LogP contribution >= 0.6 is 0 Å². The molecule has 19 heavy (non-hydrogen) atoms. The van der Waals surface area contributed by atoms with E-state index in [1.54, 1.807) is 32.1 Å². The summed E-state index contributed by atoms with van der Waals surface area (Å²) in [6.45, 7) is 3.43. The summed E-state index contributed by atoms with van der Waals surface area (Å²) >= 11 is 0. The van der Waals surface area contributed by atoms with Gasteiger partial charge in [0.05, 0.1) is 11.5 Å². The molecule has 0 fully saturated rings. The predicted molar refractivity (Wildman–Crippen MR) is 73.7 cm³/mol. The van der Waals surface area contributed by atoms with Gasteiger partial charge < -0.3 is 9.84 Å². The number of allylic oxidation sites excluding steroid dienone is 1. The fourth-order valence-electron chi connectivity index (χ4n) is 2.15. The lowest BCUT2D eigenvalue weighted by Crippen LogP contribution is -2.38. The van der Waals surface area contributed by atoms with Crippen molar-refractivity contribution in [3.8, 4) is 5.75 Å². The van der Waals surface area contributed by atoms with Crippen molar-refractivity contribution in [1.29, 1.82) is 0 Å². The zero-order valence-electron chi connectivity index (χ0n) is 11.2. The Labute approximate surface area is 113 Å². The number of ketones is 1. The molecule has 0 bridgehead atoms. The Morgan fingerprint density at radius 3 is 2.63 bits per heavy atom. The van der Waals surface area contributed by atoms with Crippen LogP contribution in [0.3, 0.4) is 0 Å². The summed E-state index contributed by atoms with van der Waals surface area (Å²) in [4.78, 5) is 11.8. The maximum Gasteiger partial charge on any atom is 0.142 e. The molecule has 3 heteroatoms. The molecule has 100 valence electrons. The number of Topliss-reactive ketones (excluding diaryl/α,β-unsaturated/α-hetero) is 1. The Morgan fingerprint density at radius 1 is 1.37 bits per heavy atom. The van der Waals surface area contributed by atoms with Gasteiger partial charge in [0, 0.05) is 6.42 Å². The molecule has 0 aromatic heterocycles. The summed E-state index contributed by atoms with van der Waals surface area (Å²) < 4.78 is 5.66. The molecule has 0 heterocycles. The van der Waals surface area contributed by atoms with Gasteiger partial charge in [0.1, 0.15) is 17.3 Å². The molecule has 2 atom stereocenters. The molecule has 2 rings (SSSR count). The van der Waals surface area contributed by atoms with Crippen LogP contribution in [0.2, 0.25) is 0 Å². The van der Waals surface area contributed by atoms with Crippen LogP contribution in [0.5, 0.6) is 5.75 Å². The van der Waals surface area contributed by atoms with Gasteiger partial charge in [-0.2, -0.15) is 0 Å². The van der Waals surface area contributed by atoms with E-state index >= 15 is 0 Å². The maximum absolute atomic E-state index is 11.8. The van der Waals surface area contributed by atoms with Crippen LogP contribution in [-0.2, 0) is 4.79 Å². The second-order valence-corrected chi connectivity index (χ2v) is 4.84. The third-order valence-electron chi connectivity index (χ3n) is 3.19. The molecule has 0 aliphatic heterocycles. The van der Waals surface area contributed by atoms with Gasteiger partial charge in [0.15, 0.2) is 0 Å². The third-order valence-corrected chi connectivity index (χ3v) is 3.19. The molecular formula is C16H18O3. The van der Waals surface area contributed by atoms with Crippen molar-refractivity contribution in [2.75, 3.05) is 0 Å². The fourth-order valence-corrected chi connectivity index (χ4v) is 2.15. The fraction of sp³-hybridized carbons (Fsp3) is 0.312. The standard InChI is InChI=1S/C16H18O3/c1-3-15(17)14-10-9-13(11-16(14,2)18)19-12-7-5-4-6-8-12/h4-11,14,18H,3H2,1-2H3. The minimum Gasteiger partial charge on any atom is -0.458 e. The predicted octanol–water partition coefficient (Wildman–Crippen LogP) is 2.87. The van der Waals surface area contributed by atoms with Gasteiger partial charge in [0.25, 0.3) is 0 Å². The zero-order chi connectivity index (χ0) is 13.9. The first-order chi connectivity index (χ1) is 9.03. The molecule has 1 aromatic rings. The molecule has 0 amide bonds. The number of para-hydroxylation sites is 1. The first-order valence-electron chi connectivity index (χ1n) is 6.42. The number of carbonyl (C=O) groups is 1. The Kier molecular flexibility index (Phi) is 3.86. The largest absolute Gasteiger partial charge is 0.458 e. The molecule has 3 nitrogen and oxygen atoms in total. The summed E-state index contributed by atoms with van der Waals surface area (Å²) in [5.74, 6) is 0.780. The molecule has 1 aliphatic rings. The number of carbonyl (C=O) groups excluding carboxylic acids is 1. The van der Waals surface area contributed by atoms with Crippen LogP contribution in [0.15, 0.2) is 54.3 Å².